The summed E-state index contributed by atoms with van der Waals surface area (Å²) in [7, 11) is 0. The van der Waals surface area contributed by atoms with Crippen molar-refractivity contribution in [1.82, 2.24) is 0 Å². The van der Waals surface area contributed by atoms with E-state index in [1.54, 1.807) is 46.8 Å². The van der Waals surface area contributed by atoms with Crippen molar-refractivity contribution in [3.63, 3.8) is 0 Å². The van der Waals surface area contributed by atoms with Crippen LogP contribution in [0.5, 0.6) is 0 Å². The van der Waals surface area contributed by atoms with Crippen molar-refractivity contribution in [2.45, 2.75) is 54.1 Å². The van der Waals surface area contributed by atoms with Gasteiger partial charge in [0.2, 0.25) is 0 Å². The number of carbonyl (C=O) groups is 6. The van der Waals surface area contributed by atoms with Crippen LogP contribution in [0.4, 0.5) is 0 Å². The molecule has 0 fully saturated rings. The number of fused-ring (bicyclic) bond motifs is 1. The van der Waals surface area contributed by atoms with Crippen LogP contribution in [-0.2, 0) is 61.9 Å². The lowest BCUT2D eigenvalue weighted by atomic mass is 9.56. The molecule has 0 aromatic rings. The molecular weight excluding hydrogens is 604 g/mol. The molecule has 46 heavy (non-hydrogen) atoms. The van der Waals surface area contributed by atoms with Crippen LogP contribution in [0.1, 0.15) is 48.5 Å². The summed E-state index contributed by atoms with van der Waals surface area (Å²) >= 11 is 0. The number of esters is 6. The van der Waals surface area contributed by atoms with Crippen LogP contribution >= 0.6 is 0 Å². The first-order chi connectivity index (χ1) is 22.0. The second kappa shape index (κ2) is 15.8. The molecule has 4 aliphatic rings. The van der Waals surface area contributed by atoms with Crippen molar-refractivity contribution in [3.05, 3.63) is 46.1 Å². The van der Waals surface area contributed by atoms with E-state index in [9.17, 15) is 28.8 Å². The molecule has 13 heteroatoms. The largest absolute Gasteiger partial charge is 0.466 e. The van der Waals surface area contributed by atoms with Gasteiger partial charge in [0.15, 0.2) is 0 Å². The molecule has 0 aromatic heterocycles. The van der Waals surface area contributed by atoms with Crippen molar-refractivity contribution in [3.8, 4) is 0 Å². The third kappa shape index (κ3) is 6.37. The van der Waals surface area contributed by atoms with Crippen LogP contribution < -0.4 is 0 Å². The molecule has 252 valence electrons. The maximum atomic E-state index is 14.1. The van der Waals surface area contributed by atoms with Gasteiger partial charge in [0.25, 0.3) is 0 Å². The first kappa shape index (κ1) is 36.2. The Morgan fingerprint density at radius 1 is 0.587 bits per heavy atom. The summed E-state index contributed by atoms with van der Waals surface area (Å²) in [5.74, 6) is -10.9. The summed E-state index contributed by atoms with van der Waals surface area (Å²) in [5, 5.41) is 0. The Morgan fingerprint density at radius 3 is 1.63 bits per heavy atom. The molecule has 0 radical (unpaired) electrons. The summed E-state index contributed by atoms with van der Waals surface area (Å²) in [6.45, 7) is 10.3. The van der Waals surface area contributed by atoms with Crippen molar-refractivity contribution in [2.75, 3.05) is 46.2 Å². The van der Waals surface area contributed by atoms with E-state index in [4.69, 9.17) is 33.2 Å². The smallest absolute Gasteiger partial charge is 0.339 e. The summed E-state index contributed by atoms with van der Waals surface area (Å²) in [6, 6.07) is 0. The number of ether oxygens (including phenoxy) is 7. The molecule has 5 atom stereocenters. The summed E-state index contributed by atoms with van der Waals surface area (Å²) in [5.41, 5.74) is -4.05. The van der Waals surface area contributed by atoms with Gasteiger partial charge in [-0.2, -0.15) is 0 Å². The molecule has 0 unspecified atom stereocenters. The van der Waals surface area contributed by atoms with Crippen LogP contribution in [0.3, 0.4) is 0 Å². The lowest BCUT2D eigenvalue weighted by molar-refractivity contribution is -0.158. The Morgan fingerprint density at radius 2 is 1.09 bits per heavy atom. The second-order valence-electron chi connectivity index (χ2n) is 10.2. The molecule has 0 aromatic carbocycles. The lowest BCUT2D eigenvalue weighted by Crippen LogP contribution is -2.59. The SMILES string of the molecule is CCOC(=O)C1=C[C@H]2C=C[C@@H]([C@@H]1C(=O)OCC)[C@@H]1C(C(=O)OCC)=C(C(=O)OCC)C(C(=O)OCC)=C(C(=O)OCC)[C@@]21OCC. The van der Waals surface area contributed by atoms with Crippen LogP contribution in [0.25, 0.3) is 0 Å². The number of allylic oxidation sites excluding steroid dienone is 1. The van der Waals surface area contributed by atoms with Gasteiger partial charge in [-0.3, -0.25) is 4.79 Å². The number of carbonyl (C=O) groups excluding carboxylic acids is 6. The number of hydrogen-bond donors (Lipinski definition) is 0. The predicted octanol–water partition coefficient (Wildman–Crippen LogP) is 2.72. The average Bonchev–Trinajstić information content (AvgIpc) is 3.27. The zero-order valence-electron chi connectivity index (χ0n) is 27.3. The van der Waals surface area contributed by atoms with E-state index < -0.39 is 81.8 Å². The minimum atomic E-state index is -1.99. The van der Waals surface area contributed by atoms with E-state index in [0.717, 1.165) is 0 Å². The van der Waals surface area contributed by atoms with Crippen LogP contribution in [-0.4, -0.2) is 87.7 Å². The topological polar surface area (TPSA) is 167 Å². The Bertz CT molecular complexity index is 1370. The molecule has 0 saturated carbocycles. The second-order valence-corrected chi connectivity index (χ2v) is 10.2. The van der Waals surface area contributed by atoms with E-state index in [0.29, 0.717) is 0 Å². The average molecular weight is 647 g/mol. The van der Waals surface area contributed by atoms with Crippen molar-refractivity contribution < 1.29 is 61.9 Å². The minimum absolute atomic E-state index is 0.0174. The normalized spacial score (nSPS) is 24.7. The van der Waals surface area contributed by atoms with E-state index >= 15 is 0 Å². The minimum Gasteiger partial charge on any atom is -0.466 e. The monoisotopic (exact) mass is 646 g/mol. The number of hydrogen-bond acceptors (Lipinski definition) is 13. The molecular formula is C33H42O13. The Kier molecular flexibility index (Phi) is 12.5. The van der Waals surface area contributed by atoms with Gasteiger partial charge in [-0.25, -0.2) is 24.0 Å². The lowest BCUT2D eigenvalue weighted by Gasteiger charge is -2.52. The fourth-order valence-corrected chi connectivity index (χ4v) is 6.47. The van der Waals surface area contributed by atoms with E-state index in [2.05, 4.69) is 0 Å². The Hall–Kier alpha value is -4.26. The zero-order chi connectivity index (χ0) is 34.2. The molecule has 0 spiro atoms. The standard InChI is InChI=1S/C33H42O13/c1-8-40-27(34)20-17-18-15-16-19(21(20)28(35)41-9-2)25-23(30(37)43-11-4)22(29(36)42-10-3)24(31(38)44-12-5)26(32(39)45-13-6)33(18,25)46-14-7/h15-19,21,25H,8-14H2,1-7H3/t18-,19+,21+,25-,33-/m1/s1. The van der Waals surface area contributed by atoms with Gasteiger partial charge in [-0.1, -0.05) is 18.2 Å². The molecule has 0 amide bonds. The highest BCUT2D eigenvalue weighted by molar-refractivity contribution is 6.18. The van der Waals surface area contributed by atoms with Gasteiger partial charge in [0, 0.05) is 29.9 Å². The summed E-state index contributed by atoms with van der Waals surface area (Å²) < 4.78 is 38.8. The fraction of sp³-hybridized carbons (Fsp3) is 0.576. The van der Waals surface area contributed by atoms with Crippen LogP contribution in [0, 0.1) is 23.7 Å². The summed E-state index contributed by atoms with van der Waals surface area (Å²) in [6.07, 6.45) is 4.65. The maximum absolute atomic E-state index is 14.1. The predicted molar refractivity (Wildman–Crippen MR) is 159 cm³/mol. The van der Waals surface area contributed by atoms with Crippen molar-refractivity contribution >= 4 is 35.8 Å². The highest BCUT2D eigenvalue weighted by atomic mass is 16.6. The highest BCUT2D eigenvalue weighted by Gasteiger charge is 2.66. The Balaban J connectivity index is 2.68. The molecule has 0 saturated heterocycles. The van der Waals surface area contributed by atoms with E-state index in [1.165, 1.54) is 19.9 Å². The quantitative estimate of drug-likeness (QED) is 0.154. The van der Waals surface area contributed by atoms with Crippen molar-refractivity contribution in [2.24, 2.45) is 23.7 Å². The first-order valence-corrected chi connectivity index (χ1v) is 15.6. The highest BCUT2D eigenvalue weighted by Crippen LogP contribution is 2.59. The molecule has 4 rings (SSSR count). The third-order valence-electron chi connectivity index (χ3n) is 7.80. The maximum Gasteiger partial charge on any atom is 0.339 e. The molecule has 2 bridgehead atoms. The van der Waals surface area contributed by atoms with Gasteiger partial charge < -0.3 is 33.2 Å². The molecule has 13 nitrogen and oxygen atoms in total. The van der Waals surface area contributed by atoms with Gasteiger partial charge in [0.1, 0.15) is 5.60 Å². The van der Waals surface area contributed by atoms with Gasteiger partial charge in [-0.15, -0.1) is 0 Å². The summed E-state index contributed by atoms with van der Waals surface area (Å²) in [4.78, 5) is 83.1. The Labute approximate surface area is 267 Å². The van der Waals surface area contributed by atoms with Crippen LogP contribution in [0.15, 0.2) is 46.1 Å². The van der Waals surface area contributed by atoms with Gasteiger partial charge in [0.05, 0.1) is 67.9 Å². The van der Waals surface area contributed by atoms with Crippen LogP contribution in [0.2, 0.25) is 0 Å². The fourth-order valence-electron chi connectivity index (χ4n) is 6.47. The molecule has 0 aliphatic heterocycles. The van der Waals surface area contributed by atoms with E-state index in [1.807, 2.05) is 0 Å². The number of rotatable bonds is 14. The third-order valence-corrected chi connectivity index (χ3v) is 7.80. The van der Waals surface area contributed by atoms with Gasteiger partial charge in [-0.05, 0) is 48.5 Å². The molecule has 0 heterocycles. The van der Waals surface area contributed by atoms with Crippen molar-refractivity contribution in [1.29, 1.82) is 0 Å². The van der Waals surface area contributed by atoms with Gasteiger partial charge >= 0.3 is 35.8 Å². The molecule has 4 aliphatic carbocycles. The first-order valence-electron chi connectivity index (χ1n) is 15.6. The van der Waals surface area contributed by atoms with E-state index in [-0.39, 0.29) is 57.4 Å². The molecule has 0 N–H and O–H groups in total. The zero-order valence-corrected chi connectivity index (χ0v) is 27.3.